The number of hydrogen-bond acceptors (Lipinski definition) is 3. The number of ether oxygens (including phenoxy) is 2. The topological polar surface area (TPSA) is 38.8 Å². The summed E-state index contributed by atoms with van der Waals surface area (Å²) in [7, 11) is 1.54. The number of fused-ring (bicyclic) bond motifs is 5. The van der Waals surface area contributed by atoms with Gasteiger partial charge in [-0.25, -0.2) is 9.18 Å². The lowest BCUT2D eigenvalue weighted by molar-refractivity contribution is 0.0539. The molecule has 3 aliphatic rings. The molecule has 1 fully saturated rings. The van der Waals surface area contributed by atoms with Crippen molar-refractivity contribution in [3.05, 3.63) is 95.3 Å². The molecule has 2 heterocycles. The highest BCUT2D eigenvalue weighted by molar-refractivity contribution is 5.79. The fraction of sp³-hybridized carbons (Fsp3) is 0.300. The van der Waals surface area contributed by atoms with Crippen molar-refractivity contribution in [3.63, 3.8) is 0 Å². The molecule has 1 aliphatic carbocycles. The predicted octanol–water partition coefficient (Wildman–Crippen LogP) is 6.79. The monoisotopic (exact) mass is 469 g/mol. The van der Waals surface area contributed by atoms with Crippen LogP contribution < -0.4 is 4.74 Å². The SMILES string of the molecule is COc1cc(F)cc(C2=CC3CCCC(C2)N3C(=O)OCC2c3ccccc3-c3ccccc32)c1. The van der Waals surface area contributed by atoms with Crippen molar-refractivity contribution in [2.24, 2.45) is 0 Å². The van der Waals surface area contributed by atoms with Crippen molar-refractivity contribution < 1.29 is 18.7 Å². The maximum Gasteiger partial charge on any atom is 0.410 e. The van der Waals surface area contributed by atoms with Crippen LogP contribution in [-0.2, 0) is 4.74 Å². The molecule has 6 rings (SSSR count). The van der Waals surface area contributed by atoms with E-state index in [1.165, 1.54) is 28.3 Å². The number of piperidine rings is 1. The van der Waals surface area contributed by atoms with Crippen LogP contribution in [0.2, 0.25) is 0 Å². The number of nitrogens with zero attached hydrogens (tertiary/aromatic N) is 1. The van der Waals surface area contributed by atoms with Crippen molar-refractivity contribution in [3.8, 4) is 16.9 Å². The third-order valence-corrected chi connectivity index (χ3v) is 7.66. The minimum absolute atomic E-state index is 0.0394. The Bertz CT molecular complexity index is 1270. The van der Waals surface area contributed by atoms with Gasteiger partial charge in [0.25, 0.3) is 0 Å². The molecule has 2 bridgehead atoms. The summed E-state index contributed by atoms with van der Waals surface area (Å²) in [4.78, 5) is 15.3. The first-order valence-corrected chi connectivity index (χ1v) is 12.3. The molecule has 2 unspecified atom stereocenters. The molecule has 4 nitrogen and oxygen atoms in total. The molecule has 0 radical (unpaired) electrons. The highest BCUT2D eigenvalue weighted by Gasteiger charge is 2.39. The average Bonchev–Trinajstić information content (AvgIpc) is 3.19. The Kier molecular flexibility index (Phi) is 5.56. The van der Waals surface area contributed by atoms with Gasteiger partial charge in [0, 0.05) is 18.0 Å². The zero-order valence-electron chi connectivity index (χ0n) is 19.7. The van der Waals surface area contributed by atoms with E-state index >= 15 is 0 Å². The second-order valence-corrected chi connectivity index (χ2v) is 9.64. The van der Waals surface area contributed by atoms with Gasteiger partial charge in [-0.2, -0.15) is 0 Å². The van der Waals surface area contributed by atoms with Gasteiger partial charge in [0.15, 0.2) is 0 Å². The third kappa shape index (κ3) is 3.89. The first-order valence-electron chi connectivity index (χ1n) is 12.3. The Balaban J connectivity index is 1.22. The number of halogens is 1. The van der Waals surface area contributed by atoms with E-state index in [0.717, 1.165) is 30.4 Å². The van der Waals surface area contributed by atoms with Crippen LogP contribution >= 0.6 is 0 Å². The summed E-state index contributed by atoms with van der Waals surface area (Å²) in [6.07, 6.45) is 5.42. The van der Waals surface area contributed by atoms with Crippen LogP contribution in [0.4, 0.5) is 9.18 Å². The van der Waals surface area contributed by atoms with Gasteiger partial charge in [0.2, 0.25) is 0 Å². The summed E-state index contributed by atoms with van der Waals surface area (Å²) in [6, 6.07) is 21.5. The molecular weight excluding hydrogens is 441 g/mol. The number of methoxy groups -OCH3 is 1. The number of hydrogen-bond donors (Lipinski definition) is 0. The molecule has 2 atom stereocenters. The minimum atomic E-state index is -0.315. The lowest BCUT2D eigenvalue weighted by Crippen LogP contribution is -2.51. The van der Waals surface area contributed by atoms with E-state index in [2.05, 4.69) is 42.5 Å². The van der Waals surface area contributed by atoms with Gasteiger partial charge in [-0.3, -0.25) is 4.90 Å². The van der Waals surface area contributed by atoms with E-state index in [0.29, 0.717) is 18.8 Å². The molecule has 0 spiro atoms. The Morgan fingerprint density at radius 3 is 2.40 bits per heavy atom. The smallest absolute Gasteiger partial charge is 0.410 e. The van der Waals surface area contributed by atoms with Gasteiger partial charge in [-0.1, -0.05) is 54.6 Å². The van der Waals surface area contributed by atoms with Gasteiger partial charge < -0.3 is 9.47 Å². The summed E-state index contributed by atoms with van der Waals surface area (Å²) in [5.41, 5.74) is 6.76. The first kappa shape index (κ1) is 21.9. The van der Waals surface area contributed by atoms with E-state index in [1.807, 2.05) is 23.1 Å². The number of rotatable bonds is 4. The van der Waals surface area contributed by atoms with Crippen molar-refractivity contribution >= 4 is 11.7 Å². The number of amides is 1. The summed E-state index contributed by atoms with van der Waals surface area (Å²) >= 11 is 0. The summed E-state index contributed by atoms with van der Waals surface area (Å²) < 4.78 is 25.4. The molecule has 0 N–H and O–H groups in total. The third-order valence-electron chi connectivity index (χ3n) is 7.66. The van der Waals surface area contributed by atoms with Crippen LogP contribution in [0.3, 0.4) is 0 Å². The van der Waals surface area contributed by atoms with Gasteiger partial charge in [0.1, 0.15) is 18.2 Å². The molecule has 2 aliphatic heterocycles. The van der Waals surface area contributed by atoms with Gasteiger partial charge in [0.05, 0.1) is 13.2 Å². The van der Waals surface area contributed by atoms with Crippen LogP contribution in [0.15, 0.2) is 72.8 Å². The van der Waals surface area contributed by atoms with Crippen LogP contribution in [0.25, 0.3) is 16.7 Å². The van der Waals surface area contributed by atoms with Gasteiger partial charge in [-0.05, 0) is 71.2 Å². The highest BCUT2D eigenvalue weighted by Crippen LogP contribution is 2.45. The maximum absolute atomic E-state index is 14.1. The lowest BCUT2D eigenvalue weighted by atomic mass is 9.83. The Morgan fingerprint density at radius 1 is 1.00 bits per heavy atom. The molecule has 178 valence electrons. The van der Waals surface area contributed by atoms with E-state index in [1.54, 1.807) is 13.2 Å². The second kappa shape index (κ2) is 8.88. The molecule has 5 heteroatoms. The second-order valence-electron chi connectivity index (χ2n) is 9.64. The highest BCUT2D eigenvalue weighted by atomic mass is 19.1. The van der Waals surface area contributed by atoms with Crippen molar-refractivity contribution in [1.82, 2.24) is 4.90 Å². The quantitative estimate of drug-likeness (QED) is 0.422. The number of carbonyl (C=O) groups is 1. The average molecular weight is 470 g/mol. The van der Waals surface area contributed by atoms with Crippen LogP contribution in [-0.4, -0.2) is 36.8 Å². The predicted molar refractivity (Wildman–Crippen MR) is 134 cm³/mol. The summed E-state index contributed by atoms with van der Waals surface area (Å²) in [5, 5.41) is 0. The number of carbonyl (C=O) groups excluding carboxylic acids is 1. The first-order chi connectivity index (χ1) is 17.1. The van der Waals surface area contributed by atoms with E-state index in [9.17, 15) is 9.18 Å². The summed E-state index contributed by atoms with van der Waals surface area (Å²) in [5.74, 6) is 0.233. The standard InChI is InChI=1S/C30H28FNO3/c1-34-24-16-19(13-21(31)17-24)20-14-22-7-6-8-23(15-20)32(22)30(33)35-18-29-27-11-4-2-9-25(27)26-10-3-5-12-28(26)29/h2-5,9-14,16-17,22-23,29H,6-8,15,18H2,1H3. The maximum atomic E-state index is 14.1. The zero-order valence-corrected chi connectivity index (χ0v) is 19.7. The molecule has 1 saturated heterocycles. The molecular formula is C30H28FNO3. The molecule has 3 aromatic carbocycles. The van der Waals surface area contributed by atoms with E-state index < -0.39 is 0 Å². The number of benzene rings is 3. The van der Waals surface area contributed by atoms with Gasteiger partial charge in [-0.15, -0.1) is 0 Å². The van der Waals surface area contributed by atoms with Crippen LogP contribution in [0.5, 0.6) is 5.75 Å². The van der Waals surface area contributed by atoms with Crippen LogP contribution in [0, 0.1) is 5.82 Å². The molecule has 1 amide bonds. The van der Waals surface area contributed by atoms with Crippen LogP contribution in [0.1, 0.15) is 48.3 Å². The molecule has 3 aromatic rings. The Morgan fingerprint density at radius 2 is 1.71 bits per heavy atom. The normalized spacial score (nSPS) is 20.6. The lowest BCUT2D eigenvalue weighted by Gasteiger charge is -2.44. The van der Waals surface area contributed by atoms with Crippen molar-refractivity contribution in [2.75, 3.05) is 13.7 Å². The van der Waals surface area contributed by atoms with Crippen molar-refractivity contribution in [1.29, 1.82) is 0 Å². The molecule has 0 aromatic heterocycles. The van der Waals surface area contributed by atoms with E-state index in [-0.39, 0.29) is 29.9 Å². The van der Waals surface area contributed by atoms with E-state index in [4.69, 9.17) is 9.47 Å². The van der Waals surface area contributed by atoms with Gasteiger partial charge >= 0.3 is 6.09 Å². The fourth-order valence-electron chi connectivity index (χ4n) is 6.06. The molecule has 35 heavy (non-hydrogen) atoms. The Hall–Kier alpha value is -3.60. The fourth-order valence-corrected chi connectivity index (χ4v) is 6.06. The Labute approximate surface area is 205 Å². The minimum Gasteiger partial charge on any atom is -0.497 e. The summed E-state index contributed by atoms with van der Waals surface area (Å²) in [6.45, 7) is 0.320. The van der Waals surface area contributed by atoms with Crippen molar-refractivity contribution in [2.45, 2.75) is 43.7 Å². The zero-order chi connectivity index (χ0) is 23.9. The largest absolute Gasteiger partial charge is 0.497 e. The molecule has 0 saturated carbocycles.